The standard InChI is InChI=1S/C13H17NO2S2/c1-14(10-6-7-17-9-10)8-12-3-2-11(18-12)4-5-13(15)16/h2-5,10H,6-9H2,1H3,(H,15,16). The zero-order chi connectivity index (χ0) is 13.0. The Morgan fingerprint density at radius 1 is 1.61 bits per heavy atom. The summed E-state index contributed by atoms with van der Waals surface area (Å²) in [5.74, 6) is 1.60. The van der Waals surface area contributed by atoms with Crippen LogP contribution in [0.3, 0.4) is 0 Å². The second kappa shape index (κ2) is 6.41. The van der Waals surface area contributed by atoms with Crippen LogP contribution in [0, 0.1) is 0 Å². The molecule has 1 N–H and O–H groups in total. The quantitative estimate of drug-likeness (QED) is 0.844. The lowest BCUT2D eigenvalue weighted by Gasteiger charge is -2.22. The van der Waals surface area contributed by atoms with Crippen LogP contribution in [0.5, 0.6) is 0 Å². The first-order chi connectivity index (χ1) is 8.65. The van der Waals surface area contributed by atoms with E-state index in [0.717, 1.165) is 11.4 Å². The monoisotopic (exact) mass is 283 g/mol. The van der Waals surface area contributed by atoms with Crippen LogP contribution < -0.4 is 0 Å². The molecule has 0 radical (unpaired) electrons. The molecular formula is C13H17NO2S2. The molecule has 1 aliphatic heterocycles. The first-order valence-corrected chi connectivity index (χ1v) is 7.90. The smallest absolute Gasteiger partial charge is 0.328 e. The van der Waals surface area contributed by atoms with Gasteiger partial charge in [0, 0.05) is 34.2 Å². The molecule has 3 nitrogen and oxygen atoms in total. The Kier molecular flexibility index (Phi) is 4.86. The number of thioether (sulfide) groups is 1. The van der Waals surface area contributed by atoms with Crippen LogP contribution in [0.15, 0.2) is 18.2 Å². The largest absolute Gasteiger partial charge is 0.478 e. The van der Waals surface area contributed by atoms with Gasteiger partial charge in [-0.1, -0.05) is 0 Å². The Balaban J connectivity index is 1.91. The summed E-state index contributed by atoms with van der Waals surface area (Å²) in [6, 6.07) is 4.76. The molecule has 0 aliphatic carbocycles. The molecule has 1 fully saturated rings. The lowest BCUT2D eigenvalue weighted by molar-refractivity contribution is -0.131. The minimum Gasteiger partial charge on any atom is -0.478 e. The number of carboxylic acid groups (broad SMARTS) is 1. The molecule has 0 amide bonds. The molecule has 1 atom stereocenters. The van der Waals surface area contributed by atoms with E-state index in [1.54, 1.807) is 17.4 Å². The summed E-state index contributed by atoms with van der Waals surface area (Å²) in [5, 5.41) is 8.58. The Morgan fingerprint density at radius 3 is 3.11 bits per heavy atom. The Labute approximate surface area is 115 Å². The highest BCUT2D eigenvalue weighted by molar-refractivity contribution is 7.99. The number of carbonyl (C=O) groups is 1. The van der Waals surface area contributed by atoms with Gasteiger partial charge >= 0.3 is 5.97 Å². The van der Waals surface area contributed by atoms with Crippen molar-refractivity contribution in [2.24, 2.45) is 0 Å². The van der Waals surface area contributed by atoms with Crippen LogP contribution >= 0.6 is 23.1 Å². The molecule has 98 valence electrons. The maximum Gasteiger partial charge on any atom is 0.328 e. The first kappa shape index (κ1) is 13.6. The highest BCUT2D eigenvalue weighted by Gasteiger charge is 2.20. The fraction of sp³-hybridized carbons (Fsp3) is 0.462. The van der Waals surface area contributed by atoms with Crippen molar-refractivity contribution >= 4 is 35.1 Å². The van der Waals surface area contributed by atoms with Gasteiger partial charge in [-0.3, -0.25) is 4.90 Å². The normalized spacial score (nSPS) is 20.0. The SMILES string of the molecule is CN(Cc1ccc(C=CC(=O)O)s1)C1CCSC1. The third-order valence-corrected chi connectivity index (χ3v) is 5.19. The van der Waals surface area contributed by atoms with Crippen molar-refractivity contribution in [3.8, 4) is 0 Å². The second-order valence-electron chi connectivity index (χ2n) is 4.41. The van der Waals surface area contributed by atoms with E-state index in [1.165, 1.54) is 28.9 Å². The van der Waals surface area contributed by atoms with Crippen LogP contribution in [0.25, 0.3) is 6.08 Å². The van der Waals surface area contributed by atoms with Crippen molar-refractivity contribution in [2.75, 3.05) is 18.6 Å². The maximum atomic E-state index is 10.4. The van der Waals surface area contributed by atoms with Crippen molar-refractivity contribution in [3.05, 3.63) is 28.0 Å². The molecule has 2 rings (SSSR count). The minimum absolute atomic E-state index is 0.690. The van der Waals surface area contributed by atoms with Gasteiger partial charge in [0.2, 0.25) is 0 Å². The van der Waals surface area contributed by atoms with E-state index in [1.807, 2.05) is 17.8 Å². The first-order valence-electron chi connectivity index (χ1n) is 5.93. The summed E-state index contributed by atoms with van der Waals surface area (Å²) in [7, 11) is 2.17. The van der Waals surface area contributed by atoms with E-state index < -0.39 is 5.97 Å². The van der Waals surface area contributed by atoms with Crippen LogP contribution in [0.2, 0.25) is 0 Å². The molecule has 0 bridgehead atoms. The average molecular weight is 283 g/mol. The molecule has 1 saturated heterocycles. The number of hydrogen-bond acceptors (Lipinski definition) is 4. The van der Waals surface area contributed by atoms with E-state index in [4.69, 9.17) is 5.11 Å². The number of rotatable bonds is 5. The lowest BCUT2D eigenvalue weighted by Crippen LogP contribution is -2.30. The lowest BCUT2D eigenvalue weighted by atomic mass is 10.2. The fourth-order valence-corrected chi connectivity index (χ4v) is 4.24. The van der Waals surface area contributed by atoms with Gasteiger partial charge in [-0.2, -0.15) is 11.8 Å². The molecule has 1 unspecified atom stereocenters. The summed E-state index contributed by atoms with van der Waals surface area (Å²) in [6.07, 6.45) is 4.12. The van der Waals surface area contributed by atoms with E-state index in [9.17, 15) is 4.79 Å². The average Bonchev–Trinajstić information content (AvgIpc) is 2.97. The minimum atomic E-state index is -0.898. The van der Waals surface area contributed by atoms with Gasteiger partial charge in [0.05, 0.1) is 0 Å². The van der Waals surface area contributed by atoms with E-state index in [2.05, 4.69) is 18.0 Å². The highest BCUT2D eigenvalue weighted by atomic mass is 32.2. The molecule has 1 aliphatic rings. The molecular weight excluding hydrogens is 266 g/mol. The number of carboxylic acids is 1. The van der Waals surface area contributed by atoms with Crippen molar-refractivity contribution in [3.63, 3.8) is 0 Å². The van der Waals surface area contributed by atoms with Gasteiger partial charge in [-0.05, 0) is 37.4 Å². The predicted molar refractivity (Wildman–Crippen MR) is 78.2 cm³/mol. The topological polar surface area (TPSA) is 40.5 Å². The van der Waals surface area contributed by atoms with Crippen molar-refractivity contribution < 1.29 is 9.90 Å². The number of hydrogen-bond donors (Lipinski definition) is 1. The predicted octanol–water partition coefficient (Wildman–Crippen LogP) is 2.78. The van der Waals surface area contributed by atoms with Crippen molar-refractivity contribution in [1.29, 1.82) is 0 Å². The molecule has 1 aromatic heterocycles. The third-order valence-electron chi connectivity index (χ3n) is 3.01. The van der Waals surface area contributed by atoms with E-state index >= 15 is 0 Å². The van der Waals surface area contributed by atoms with Gasteiger partial charge < -0.3 is 5.11 Å². The van der Waals surface area contributed by atoms with Gasteiger partial charge in [0.25, 0.3) is 0 Å². The molecule has 0 saturated carbocycles. The molecule has 2 heterocycles. The van der Waals surface area contributed by atoms with Crippen LogP contribution in [-0.2, 0) is 11.3 Å². The highest BCUT2D eigenvalue weighted by Crippen LogP contribution is 2.25. The number of aliphatic carboxylic acids is 1. The van der Waals surface area contributed by atoms with E-state index in [-0.39, 0.29) is 0 Å². The van der Waals surface area contributed by atoms with Gasteiger partial charge in [-0.25, -0.2) is 4.79 Å². The molecule has 1 aromatic rings. The summed E-state index contributed by atoms with van der Waals surface area (Å²) in [6.45, 7) is 0.955. The summed E-state index contributed by atoms with van der Waals surface area (Å²) in [5.41, 5.74) is 0. The van der Waals surface area contributed by atoms with Crippen LogP contribution in [0.1, 0.15) is 16.2 Å². The van der Waals surface area contributed by atoms with Gasteiger partial charge in [-0.15, -0.1) is 11.3 Å². The van der Waals surface area contributed by atoms with Crippen molar-refractivity contribution in [1.82, 2.24) is 4.90 Å². The third kappa shape index (κ3) is 3.86. The molecule has 18 heavy (non-hydrogen) atoms. The second-order valence-corrected chi connectivity index (χ2v) is 6.76. The zero-order valence-corrected chi connectivity index (χ0v) is 12.0. The van der Waals surface area contributed by atoms with Crippen LogP contribution in [0.4, 0.5) is 0 Å². The Bertz CT molecular complexity index is 436. The summed E-state index contributed by atoms with van der Waals surface area (Å²) in [4.78, 5) is 15.1. The molecule has 0 spiro atoms. The Hall–Kier alpha value is -0.780. The van der Waals surface area contributed by atoms with Crippen molar-refractivity contribution in [2.45, 2.75) is 19.0 Å². The number of thiophene rings is 1. The Morgan fingerprint density at radius 2 is 2.44 bits per heavy atom. The summed E-state index contributed by atoms with van der Waals surface area (Å²) < 4.78 is 0. The van der Waals surface area contributed by atoms with Gasteiger partial charge in [0.15, 0.2) is 0 Å². The molecule has 5 heteroatoms. The maximum absolute atomic E-state index is 10.4. The number of nitrogens with zero attached hydrogens (tertiary/aromatic N) is 1. The zero-order valence-electron chi connectivity index (χ0n) is 10.3. The fourth-order valence-electron chi connectivity index (χ4n) is 1.97. The van der Waals surface area contributed by atoms with Crippen LogP contribution in [-0.4, -0.2) is 40.6 Å². The summed E-state index contributed by atoms with van der Waals surface area (Å²) >= 11 is 3.69. The van der Waals surface area contributed by atoms with E-state index in [0.29, 0.717) is 6.04 Å². The molecule has 0 aromatic carbocycles. The van der Waals surface area contributed by atoms with Gasteiger partial charge in [0.1, 0.15) is 0 Å².